The predicted octanol–water partition coefficient (Wildman–Crippen LogP) is 3.66. The summed E-state index contributed by atoms with van der Waals surface area (Å²) in [5, 5.41) is 15.1. The van der Waals surface area contributed by atoms with E-state index in [2.05, 4.69) is 10.6 Å². The lowest BCUT2D eigenvalue weighted by atomic mass is 9.98. The van der Waals surface area contributed by atoms with E-state index in [9.17, 15) is 18.5 Å². The maximum atomic E-state index is 12.8. The fourth-order valence-electron chi connectivity index (χ4n) is 2.89. The number of hydrogen-bond donors (Lipinski definition) is 3. The van der Waals surface area contributed by atoms with Gasteiger partial charge in [0.2, 0.25) is 0 Å². The van der Waals surface area contributed by atoms with Crippen molar-refractivity contribution >= 4 is 21.7 Å². The Bertz CT molecular complexity index is 1180. The van der Waals surface area contributed by atoms with Gasteiger partial charge in [0.15, 0.2) is 0 Å². The summed E-state index contributed by atoms with van der Waals surface area (Å²) in [7, 11) is -4.29. The van der Waals surface area contributed by atoms with Gasteiger partial charge in [-0.2, -0.15) is 13.7 Å². The van der Waals surface area contributed by atoms with E-state index >= 15 is 0 Å². The van der Waals surface area contributed by atoms with E-state index < -0.39 is 22.1 Å². The Hall–Kier alpha value is -3.93. The third-order valence-electron chi connectivity index (χ3n) is 4.44. The number of nitriles is 1. The van der Waals surface area contributed by atoms with Gasteiger partial charge in [-0.05, 0) is 35.4 Å². The van der Waals surface area contributed by atoms with Gasteiger partial charge in [-0.3, -0.25) is 9.35 Å². The second kappa shape index (κ2) is 9.71. The molecule has 8 heteroatoms. The van der Waals surface area contributed by atoms with Crippen LogP contribution >= 0.6 is 0 Å². The van der Waals surface area contributed by atoms with Gasteiger partial charge in [0.1, 0.15) is 11.6 Å². The van der Waals surface area contributed by atoms with E-state index in [4.69, 9.17) is 4.55 Å². The van der Waals surface area contributed by atoms with Gasteiger partial charge < -0.3 is 10.6 Å². The van der Waals surface area contributed by atoms with Crippen LogP contribution < -0.4 is 10.6 Å². The standard InChI is InChI=1S/C23H19N3O4S/c24-15-19(16-25-20-11-13-21(14-12-20)31(28,29)30)23(27)26-22(17-7-3-1-4-8-17)18-9-5-2-6-10-18/h1-14,16,22,25H,(H,26,27)(H,28,29,30)/b19-16-. The number of amides is 1. The van der Waals surface area contributed by atoms with Crippen molar-refractivity contribution in [2.24, 2.45) is 0 Å². The molecule has 0 heterocycles. The van der Waals surface area contributed by atoms with E-state index in [0.717, 1.165) is 11.1 Å². The smallest absolute Gasteiger partial charge is 0.294 e. The number of hydrogen-bond acceptors (Lipinski definition) is 5. The lowest BCUT2D eigenvalue weighted by molar-refractivity contribution is -0.117. The zero-order valence-corrected chi connectivity index (χ0v) is 17.1. The Morgan fingerprint density at radius 1 is 0.903 bits per heavy atom. The molecule has 0 aliphatic carbocycles. The summed E-state index contributed by atoms with van der Waals surface area (Å²) in [6.45, 7) is 0. The van der Waals surface area contributed by atoms with Crippen LogP contribution in [0.2, 0.25) is 0 Å². The number of nitrogens with one attached hydrogen (secondary N) is 2. The molecule has 0 saturated carbocycles. The largest absolute Gasteiger partial charge is 0.360 e. The number of carbonyl (C=O) groups excluding carboxylic acids is 1. The summed E-state index contributed by atoms with van der Waals surface area (Å²) in [6.07, 6.45) is 1.24. The van der Waals surface area contributed by atoms with E-state index in [-0.39, 0.29) is 10.5 Å². The fourth-order valence-corrected chi connectivity index (χ4v) is 3.37. The first-order valence-electron chi connectivity index (χ1n) is 9.23. The second-order valence-corrected chi connectivity index (χ2v) is 7.96. The molecular formula is C23H19N3O4S. The number of anilines is 1. The lowest BCUT2D eigenvalue weighted by Crippen LogP contribution is -2.30. The Morgan fingerprint density at radius 2 is 1.42 bits per heavy atom. The van der Waals surface area contributed by atoms with E-state index in [1.54, 1.807) is 0 Å². The third kappa shape index (κ3) is 5.79. The zero-order chi connectivity index (χ0) is 22.3. The summed E-state index contributed by atoms with van der Waals surface area (Å²) in [5.74, 6) is -0.567. The summed E-state index contributed by atoms with van der Waals surface area (Å²) in [5.41, 5.74) is 2.02. The number of rotatable bonds is 7. The molecule has 31 heavy (non-hydrogen) atoms. The zero-order valence-electron chi connectivity index (χ0n) is 16.3. The van der Waals surface area contributed by atoms with Gasteiger partial charge in [0.25, 0.3) is 16.0 Å². The summed E-state index contributed by atoms with van der Waals surface area (Å²) in [6, 6.07) is 25.5. The molecule has 156 valence electrons. The monoisotopic (exact) mass is 433 g/mol. The molecule has 0 bridgehead atoms. The number of nitrogens with zero attached hydrogens (tertiary/aromatic N) is 1. The van der Waals surface area contributed by atoms with Gasteiger partial charge in [-0.15, -0.1) is 0 Å². The Labute approximate surface area is 180 Å². The molecule has 1 amide bonds. The van der Waals surface area contributed by atoms with E-state index in [0.29, 0.717) is 5.69 Å². The van der Waals surface area contributed by atoms with E-state index in [1.807, 2.05) is 66.7 Å². The molecular weight excluding hydrogens is 414 g/mol. The number of carbonyl (C=O) groups is 1. The quantitative estimate of drug-likeness (QED) is 0.297. The lowest BCUT2D eigenvalue weighted by Gasteiger charge is -2.19. The van der Waals surface area contributed by atoms with Crippen LogP contribution in [0.25, 0.3) is 0 Å². The van der Waals surface area contributed by atoms with Crippen LogP contribution in [0.3, 0.4) is 0 Å². The highest BCUT2D eigenvalue weighted by Gasteiger charge is 2.19. The maximum absolute atomic E-state index is 12.8. The van der Waals surface area contributed by atoms with Crippen molar-refractivity contribution in [3.63, 3.8) is 0 Å². The van der Waals surface area contributed by atoms with Gasteiger partial charge in [0, 0.05) is 11.9 Å². The molecule has 3 rings (SSSR count). The number of benzene rings is 3. The molecule has 0 spiro atoms. The second-order valence-electron chi connectivity index (χ2n) is 6.54. The first-order valence-corrected chi connectivity index (χ1v) is 10.7. The normalized spacial score (nSPS) is 11.6. The molecule has 0 atom stereocenters. The molecule has 0 saturated heterocycles. The highest BCUT2D eigenvalue weighted by Crippen LogP contribution is 2.22. The first-order chi connectivity index (χ1) is 14.9. The van der Waals surface area contributed by atoms with Crippen LogP contribution in [0.4, 0.5) is 5.69 Å². The van der Waals surface area contributed by atoms with Crippen LogP contribution in [-0.4, -0.2) is 18.9 Å². The van der Waals surface area contributed by atoms with E-state index in [1.165, 1.54) is 30.5 Å². The van der Waals surface area contributed by atoms with Crippen molar-refractivity contribution < 1.29 is 17.8 Å². The van der Waals surface area contributed by atoms with Crippen molar-refractivity contribution in [1.82, 2.24) is 5.32 Å². The molecule has 3 aromatic carbocycles. The summed E-state index contributed by atoms with van der Waals surface area (Å²) < 4.78 is 31.2. The SMILES string of the molecule is N#C/C(=C/Nc1ccc(S(=O)(=O)O)cc1)C(=O)NC(c1ccccc1)c1ccccc1. The Morgan fingerprint density at radius 3 is 1.87 bits per heavy atom. The summed E-state index contributed by atoms with van der Waals surface area (Å²) in [4.78, 5) is 12.5. The average Bonchev–Trinajstić information content (AvgIpc) is 2.79. The van der Waals surface area contributed by atoms with Gasteiger partial charge in [-0.1, -0.05) is 60.7 Å². The van der Waals surface area contributed by atoms with Crippen LogP contribution in [-0.2, 0) is 14.9 Å². The van der Waals surface area contributed by atoms with Gasteiger partial charge in [-0.25, -0.2) is 0 Å². The minimum absolute atomic E-state index is 0.157. The van der Waals surface area contributed by atoms with Crippen LogP contribution in [0, 0.1) is 11.3 Å². The maximum Gasteiger partial charge on any atom is 0.294 e. The topological polar surface area (TPSA) is 119 Å². The molecule has 3 N–H and O–H groups in total. The Balaban J connectivity index is 1.79. The van der Waals surface area contributed by atoms with Crippen LogP contribution in [0.1, 0.15) is 17.2 Å². The van der Waals surface area contributed by atoms with Crippen molar-refractivity contribution in [2.45, 2.75) is 10.9 Å². The molecule has 0 radical (unpaired) electrons. The average molecular weight is 433 g/mol. The molecule has 0 aliphatic rings. The molecule has 0 fully saturated rings. The predicted molar refractivity (Wildman–Crippen MR) is 116 cm³/mol. The van der Waals surface area contributed by atoms with Gasteiger partial charge in [0.05, 0.1) is 10.9 Å². The highest BCUT2D eigenvalue weighted by molar-refractivity contribution is 7.85. The minimum atomic E-state index is -4.29. The van der Waals surface area contributed by atoms with Crippen molar-refractivity contribution in [2.75, 3.05) is 5.32 Å². The minimum Gasteiger partial charge on any atom is -0.360 e. The molecule has 7 nitrogen and oxygen atoms in total. The third-order valence-corrected chi connectivity index (χ3v) is 5.31. The summed E-state index contributed by atoms with van der Waals surface area (Å²) >= 11 is 0. The molecule has 0 unspecified atom stereocenters. The molecule has 3 aromatic rings. The Kier molecular flexibility index (Phi) is 6.82. The highest BCUT2D eigenvalue weighted by atomic mass is 32.2. The van der Waals surface area contributed by atoms with Crippen LogP contribution in [0.15, 0.2) is 102 Å². The van der Waals surface area contributed by atoms with Crippen molar-refractivity contribution in [3.05, 3.63) is 108 Å². The van der Waals surface area contributed by atoms with Crippen molar-refractivity contribution in [3.8, 4) is 6.07 Å². The first kappa shape index (κ1) is 21.8. The molecule has 0 aliphatic heterocycles. The van der Waals surface area contributed by atoms with Crippen LogP contribution in [0.5, 0.6) is 0 Å². The van der Waals surface area contributed by atoms with Gasteiger partial charge >= 0.3 is 0 Å². The molecule has 0 aromatic heterocycles. The van der Waals surface area contributed by atoms with Crippen molar-refractivity contribution in [1.29, 1.82) is 5.26 Å². The fraction of sp³-hybridized carbons (Fsp3) is 0.0435.